The highest BCUT2D eigenvalue weighted by molar-refractivity contribution is 7.90. The van der Waals surface area contributed by atoms with Gasteiger partial charge < -0.3 is 0 Å². The van der Waals surface area contributed by atoms with Gasteiger partial charge in [0, 0.05) is 19.7 Å². The molecule has 0 unspecified atom stereocenters. The molecular weight excluding hydrogens is 302 g/mol. The molecule has 0 aliphatic heterocycles. The fourth-order valence-corrected chi connectivity index (χ4v) is 4.28. The SMILES string of the molecule is Cn1cc(CCC(=O)NS(=O)(=O)C2CCC(C)(C)CC2)cn1. The number of hydrogen-bond donors (Lipinski definition) is 1. The predicted molar refractivity (Wildman–Crippen MR) is 84.6 cm³/mol. The van der Waals surface area contributed by atoms with Crippen LogP contribution in [0.25, 0.3) is 0 Å². The first-order chi connectivity index (χ1) is 10.2. The van der Waals surface area contributed by atoms with Crippen LogP contribution >= 0.6 is 0 Å². The molecule has 1 aromatic heterocycles. The van der Waals surface area contributed by atoms with Crippen molar-refractivity contribution in [3.63, 3.8) is 0 Å². The van der Waals surface area contributed by atoms with Crippen LogP contribution in [0.3, 0.4) is 0 Å². The fourth-order valence-electron chi connectivity index (χ4n) is 2.83. The van der Waals surface area contributed by atoms with Crippen molar-refractivity contribution >= 4 is 15.9 Å². The van der Waals surface area contributed by atoms with Gasteiger partial charge in [0.05, 0.1) is 11.4 Å². The summed E-state index contributed by atoms with van der Waals surface area (Å²) in [4.78, 5) is 11.9. The average molecular weight is 327 g/mol. The van der Waals surface area contributed by atoms with Crippen LogP contribution in [0, 0.1) is 5.41 Å². The highest BCUT2D eigenvalue weighted by Gasteiger charge is 2.34. The maximum atomic E-state index is 12.3. The van der Waals surface area contributed by atoms with Gasteiger partial charge in [-0.2, -0.15) is 5.10 Å². The van der Waals surface area contributed by atoms with Crippen LogP contribution in [0.15, 0.2) is 12.4 Å². The highest BCUT2D eigenvalue weighted by atomic mass is 32.2. The van der Waals surface area contributed by atoms with Gasteiger partial charge in [0.2, 0.25) is 15.9 Å². The molecule has 0 radical (unpaired) electrons. The van der Waals surface area contributed by atoms with Gasteiger partial charge in [-0.3, -0.25) is 14.2 Å². The van der Waals surface area contributed by atoms with Gasteiger partial charge in [-0.05, 0) is 43.1 Å². The number of amides is 1. The van der Waals surface area contributed by atoms with Gasteiger partial charge in [-0.25, -0.2) is 8.42 Å². The molecule has 7 heteroatoms. The predicted octanol–water partition coefficient (Wildman–Crippen LogP) is 1.77. The summed E-state index contributed by atoms with van der Waals surface area (Å²) in [5, 5.41) is 3.58. The van der Waals surface area contributed by atoms with Crippen molar-refractivity contribution in [2.24, 2.45) is 12.5 Å². The van der Waals surface area contributed by atoms with Crippen molar-refractivity contribution in [2.45, 2.75) is 57.6 Å². The minimum absolute atomic E-state index is 0.156. The second kappa shape index (κ2) is 6.40. The standard InChI is InChI=1S/C15H25N3O3S/c1-15(2)8-6-13(7-9-15)22(20,21)17-14(19)5-4-12-10-16-18(3)11-12/h10-11,13H,4-9H2,1-3H3,(H,17,19). The number of carbonyl (C=O) groups excluding carboxylic acids is 1. The van der Waals surface area contributed by atoms with E-state index in [1.165, 1.54) is 0 Å². The van der Waals surface area contributed by atoms with Gasteiger partial charge in [-0.1, -0.05) is 13.8 Å². The second-order valence-electron chi connectivity index (χ2n) is 6.96. The molecule has 22 heavy (non-hydrogen) atoms. The zero-order valence-electron chi connectivity index (χ0n) is 13.5. The Morgan fingerprint density at radius 1 is 1.41 bits per heavy atom. The van der Waals surface area contributed by atoms with E-state index < -0.39 is 21.2 Å². The maximum Gasteiger partial charge on any atom is 0.237 e. The van der Waals surface area contributed by atoms with Gasteiger partial charge in [0.15, 0.2) is 0 Å². The largest absolute Gasteiger partial charge is 0.276 e. The lowest BCUT2D eigenvalue weighted by Gasteiger charge is -2.33. The van der Waals surface area contributed by atoms with E-state index in [9.17, 15) is 13.2 Å². The topological polar surface area (TPSA) is 81.1 Å². The molecule has 0 saturated heterocycles. The highest BCUT2D eigenvalue weighted by Crippen LogP contribution is 2.37. The van der Waals surface area contributed by atoms with Gasteiger partial charge in [0.25, 0.3) is 0 Å². The molecule has 0 atom stereocenters. The Balaban J connectivity index is 1.84. The Hall–Kier alpha value is -1.37. The normalized spacial score (nSPS) is 19.0. The monoisotopic (exact) mass is 327 g/mol. The van der Waals surface area contributed by atoms with Crippen LogP contribution in [0.4, 0.5) is 0 Å². The van der Waals surface area contributed by atoms with Crippen molar-refractivity contribution in [3.8, 4) is 0 Å². The lowest BCUT2D eigenvalue weighted by atomic mass is 9.77. The van der Waals surface area contributed by atoms with Gasteiger partial charge in [-0.15, -0.1) is 0 Å². The Labute approximate surface area is 132 Å². The number of nitrogens with one attached hydrogen (secondary N) is 1. The van der Waals surface area contributed by atoms with Crippen LogP contribution in [0.2, 0.25) is 0 Å². The third kappa shape index (κ3) is 4.56. The molecule has 2 rings (SSSR count). The van der Waals surface area contributed by atoms with Gasteiger partial charge in [0.1, 0.15) is 0 Å². The first kappa shape index (κ1) is 17.0. The zero-order chi connectivity index (χ0) is 16.4. The molecule has 0 aromatic carbocycles. The Kier molecular flexibility index (Phi) is 4.94. The summed E-state index contributed by atoms with van der Waals surface area (Å²) in [6.07, 6.45) is 7.16. The van der Waals surface area contributed by atoms with Crippen LogP contribution in [0.5, 0.6) is 0 Å². The second-order valence-corrected chi connectivity index (χ2v) is 8.92. The zero-order valence-corrected chi connectivity index (χ0v) is 14.3. The smallest absolute Gasteiger partial charge is 0.237 e. The molecule has 6 nitrogen and oxygen atoms in total. The van der Waals surface area contributed by atoms with E-state index >= 15 is 0 Å². The summed E-state index contributed by atoms with van der Waals surface area (Å²) in [6, 6.07) is 0. The Morgan fingerprint density at radius 2 is 2.05 bits per heavy atom. The molecule has 0 bridgehead atoms. The van der Waals surface area contributed by atoms with Crippen molar-refractivity contribution in [2.75, 3.05) is 0 Å². The summed E-state index contributed by atoms with van der Waals surface area (Å²) in [6.45, 7) is 4.31. The molecule has 1 saturated carbocycles. The molecule has 1 heterocycles. The number of nitrogens with zero attached hydrogens (tertiary/aromatic N) is 2. The first-order valence-electron chi connectivity index (χ1n) is 7.70. The Morgan fingerprint density at radius 3 is 2.59 bits per heavy atom. The summed E-state index contributed by atoms with van der Waals surface area (Å²) in [5.74, 6) is -0.436. The molecule has 1 amide bonds. The third-order valence-electron chi connectivity index (χ3n) is 4.38. The van der Waals surface area contributed by atoms with Crippen LogP contribution in [-0.2, 0) is 28.3 Å². The van der Waals surface area contributed by atoms with Crippen LogP contribution < -0.4 is 4.72 Å². The molecule has 124 valence electrons. The number of hydrogen-bond acceptors (Lipinski definition) is 4. The number of carbonyl (C=O) groups is 1. The first-order valence-corrected chi connectivity index (χ1v) is 9.25. The summed E-state index contributed by atoms with van der Waals surface area (Å²) in [5.41, 5.74) is 1.13. The summed E-state index contributed by atoms with van der Waals surface area (Å²) >= 11 is 0. The summed E-state index contributed by atoms with van der Waals surface area (Å²) in [7, 11) is -1.75. The molecule has 1 aliphatic rings. The molecule has 1 aliphatic carbocycles. The van der Waals surface area contributed by atoms with E-state index in [1.54, 1.807) is 17.9 Å². The van der Waals surface area contributed by atoms with E-state index in [-0.39, 0.29) is 11.8 Å². The average Bonchev–Trinajstić information content (AvgIpc) is 2.81. The number of aryl methyl sites for hydroxylation is 2. The molecule has 0 spiro atoms. The van der Waals surface area contributed by atoms with Crippen LogP contribution in [-0.4, -0.2) is 29.4 Å². The minimum atomic E-state index is -3.55. The fraction of sp³-hybridized carbons (Fsp3) is 0.733. The number of sulfonamides is 1. The summed E-state index contributed by atoms with van der Waals surface area (Å²) < 4.78 is 28.4. The molecule has 1 N–H and O–H groups in total. The van der Waals surface area contributed by atoms with E-state index in [2.05, 4.69) is 23.7 Å². The number of aromatic nitrogens is 2. The van der Waals surface area contributed by atoms with E-state index in [1.807, 2.05) is 6.20 Å². The van der Waals surface area contributed by atoms with E-state index in [4.69, 9.17) is 0 Å². The molecule has 1 fully saturated rings. The molecule has 1 aromatic rings. The van der Waals surface area contributed by atoms with Crippen molar-refractivity contribution in [3.05, 3.63) is 18.0 Å². The quantitative estimate of drug-likeness (QED) is 0.893. The van der Waals surface area contributed by atoms with E-state index in [0.717, 1.165) is 18.4 Å². The number of rotatable bonds is 5. The Bertz CT molecular complexity index is 624. The van der Waals surface area contributed by atoms with Crippen LogP contribution in [0.1, 0.15) is 51.5 Å². The van der Waals surface area contributed by atoms with E-state index in [0.29, 0.717) is 19.3 Å². The third-order valence-corrected chi connectivity index (χ3v) is 6.24. The van der Waals surface area contributed by atoms with Crippen molar-refractivity contribution < 1.29 is 13.2 Å². The van der Waals surface area contributed by atoms with Gasteiger partial charge >= 0.3 is 0 Å². The van der Waals surface area contributed by atoms with Crippen molar-refractivity contribution in [1.29, 1.82) is 0 Å². The van der Waals surface area contributed by atoms with Crippen molar-refractivity contribution in [1.82, 2.24) is 14.5 Å². The molecular formula is C15H25N3O3S. The maximum absolute atomic E-state index is 12.3. The lowest BCUT2D eigenvalue weighted by molar-refractivity contribution is -0.119. The lowest BCUT2D eigenvalue weighted by Crippen LogP contribution is -2.41. The minimum Gasteiger partial charge on any atom is -0.276 e.